The summed E-state index contributed by atoms with van der Waals surface area (Å²) in [6.07, 6.45) is -4.56. The summed E-state index contributed by atoms with van der Waals surface area (Å²) in [4.78, 5) is 13.2. The summed E-state index contributed by atoms with van der Waals surface area (Å²) in [6, 6.07) is 7.03. The van der Waals surface area contributed by atoms with E-state index >= 15 is 0 Å². The summed E-state index contributed by atoms with van der Waals surface area (Å²) in [5.74, 6) is -0.687. The number of aliphatic hydroxyl groups excluding tert-OH is 1. The van der Waals surface area contributed by atoms with E-state index in [-0.39, 0.29) is 6.54 Å². The topological polar surface area (TPSA) is 52.6 Å². The molecule has 0 saturated carbocycles. The van der Waals surface area contributed by atoms with Crippen molar-refractivity contribution in [2.45, 2.75) is 18.7 Å². The van der Waals surface area contributed by atoms with E-state index in [1.54, 1.807) is 29.2 Å². The number of aliphatic hydroxyl groups is 1. The summed E-state index contributed by atoms with van der Waals surface area (Å²) in [5.41, 5.74) is 1.38. The fourth-order valence-electron chi connectivity index (χ4n) is 2.20. The molecular formula is C13H15F3N2O2. The van der Waals surface area contributed by atoms with Gasteiger partial charge < -0.3 is 15.3 Å². The number of halogens is 3. The molecule has 1 aromatic carbocycles. The van der Waals surface area contributed by atoms with Gasteiger partial charge in [0.1, 0.15) is 6.54 Å². The van der Waals surface area contributed by atoms with Gasteiger partial charge in [0.05, 0.1) is 12.6 Å². The van der Waals surface area contributed by atoms with Crippen LogP contribution >= 0.6 is 0 Å². The molecule has 1 heterocycles. The molecule has 0 saturated heterocycles. The Labute approximate surface area is 114 Å². The van der Waals surface area contributed by atoms with Crippen molar-refractivity contribution in [2.24, 2.45) is 0 Å². The number of carbonyl (C=O) groups is 1. The standard InChI is InChI=1S/C13H15F3N2O2/c14-13(15,16)8-17-12(20)7-18-6-5-11(19)9-3-1-2-4-10(9)18/h1-4,11,19H,5-8H2,(H,17,20). The number of anilines is 1. The first-order valence-corrected chi connectivity index (χ1v) is 6.22. The highest BCUT2D eigenvalue weighted by Crippen LogP contribution is 2.33. The Bertz CT molecular complexity index is 491. The van der Waals surface area contributed by atoms with Crippen LogP contribution in [-0.4, -0.2) is 36.8 Å². The molecule has 0 aliphatic carbocycles. The highest BCUT2D eigenvalue weighted by molar-refractivity contribution is 5.82. The third kappa shape index (κ3) is 3.63. The first-order chi connectivity index (χ1) is 9.37. The smallest absolute Gasteiger partial charge is 0.388 e. The summed E-state index contributed by atoms with van der Waals surface area (Å²) in [6.45, 7) is -1.05. The molecule has 1 aliphatic rings. The van der Waals surface area contributed by atoms with E-state index in [0.717, 1.165) is 0 Å². The molecule has 2 rings (SSSR count). The minimum atomic E-state index is -4.41. The van der Waals surface area contributed by atoms with Crippen LogP contribution in [0.1, 0.15) is 18.1 Å². The zero-order chi connectivity index (χ0) is 14.8. The number of amides is 1. The SMILES string of the molecule is O=C(CN1CCC(O)c2ccccc21)NCC(F)(F)F. The summed E-state index contributed by atoms with van der Waals surface area (Å²) in [7, 11) is 0. The zero-order valence-corrected chi connectivity index (χ0v) is 10.7. The maximum absolute atomic E-state index is 12.0. The largest absolute Gasteiger partial charge is 0.405 e. The maximum Gasteiger partial charge on any atom is 0.405 e. The normalized spacial score (nSPS) is 18.6. The minimum absolute atomic E-state index is 0.153. The van der Waals surface area contributed by atoms with Crippen molar-refractivity contribution in [3.8, 4) is 0 Å². The van der Waals surface area contributed by atoms with E-state index in [2.05, 4.69) is 0 Å². The minimum Gasteiger partial charge on any atom is -0.388 e. The van der Waals surface area contributed by atoms with E-state index in [1.807, 2.05) is 5.32 Å². The second kappa shape index (κ2) is 5.70. The van der Waals surface area contributed by atoms with Crippen molar-refractivity contribution < 1.29 is 23.1 Å². The molecule has 0 aromatic heterocycles. The number of rotatable bonds is 3. The third-order valence-corrected chi connectivity index (χ3v) is 3.13. The molecule has 7 heteroatoms. The Morgan fingerprint density at radius 3 is 2.80 bits per heavy atom. The summed E-state index contributed by atoms with van der Waals surface area (Å²) >= 11 is 0. The van der Waals surface area contributed by atoms with E-state index in [4.69, 9.17) is 0 Å². The summed E-state index contributed by atoms with van der Waals surface area (Å²) < 4.78 is 36.1. The fourth-order valence-corrected chi connectivity index (χ4v) is 2.20. The average Bonchev–Trinajstić information content (AvgIpc) is 2.39. The highest BCUT2D eigenvalue weighted by Gasteiger charge is 2.29. The van der Waals surface area contributed by atoms with Gasteiger partial charge in [0.2, 0.25) is 5.91 Å². The van der Waals surface area contributed by atoms with Crippen molar-refractivity contribution in [3.63, 3.8) is 0 Å². The number of nitrogens with one attached hydrogen (secondary N) is 1. The Hall–Kier alpha value is -1.76. The molecule has 1 aliphatic heterocycles. The van der Waals surface area contributed by atoms with Crippen LogP contribution < -0.4 is 10.2 Å². The molecule has 4 nitrogen and oxygen atoms in total. The Balaban J connectivity index is 2.01. The Morgan fingerprint density at radius 2 is 2.10 bits per heavy atom. The van der Waals surface area contributed by atoms with Crippen LogP contribution in [0.4, 0.5) is 18.9 Å². The monoisotopic (exact) mass is 288 g/mol. The third-order valence-electron chi connectivity index (χ3n) is 3.13. The number of para-hydroxylation sites is 1. The molecule has 0 fully saturated rings. The van der Waals surface area contributed by atoms with E-state index in [9.17, 15) is 23.1 Å². The lowest BCUT2D eigenvalue weighted by molar-refractivity contribution is -0.137. The van der Waals surface area contributed by atoms with Crippen LogP contribution in [0.3, 0.4) is 0 Å². The molecule has 2 N–H and O–H groups in total. The van der Waals surface area contributed by atoms with Gasteiger partial charge in [-0.15, -0.1) is 0 Å². The second-order valence-electron chi connectivity index (χ2n) is 4.68. The van der Waals surface area contributed by atoms with Gasteiger partial charge in [0.25, 0.3) is 0 Å². The fraction of sp³-hybridized carbons (Fsp3) is 0.462. The van der Waals surface area contributed by atoms with E-state index < -0.39 is 24.7 Å². The molecule has 20 heavy (non-hydrogen) atoms. The van der Waals surface area contributed by atoms with Gasteiger partial charge in [-0.25, -0.2) is 0 Å². The molecule has 0 spiro atoms. The molecule has 0 bridgehead atoms. The van der Waals surface area contributed by atoms with E-state index in [1.165, 1.54) is 0 Å². The maximum atomic E-state index is 12.0. The molecule has 0 radical (unpaired) electrons. The van der Waals surface area contributed by atoms with Crippen LogP contribution in [0.2, 0.25) is 0 Å². The van der Waals surface area contributed by atoms with Gasteiger partial charge >= 0.3 is 6.18 Å². The number of carbonyl (C=O) groups excluding carboxylic acids is 1. The molecule has 1 aromatic rings. The molecule has 1 amide bonds. The predicted octanol–water partition coefficient (Wildman–Crippen LogP) is 1.61. The van der Waals surface area contributed by atoms with Crippen LogP contribution in [-0.2, 0) is 4.79 Å². The quantitative estimate of drug-likeness (QED) is 0.888. The lowest BCUT2D eigenvalue weighted by Crippen LogP contribution is -2.43. The van der Waals surface area contributed by atoms with Crippen LogP contribution in [0.15, 0.2) is 24.3 Å². The van der Waals surface area contributed by atoms with Crippen molar-refractivity contribution in [3.05, 3.63) is 29.8 Å². The van der Waals surface area contributed by atoms with Gasteiger partial charge in [0, 0.05) is 17.8 Å². The van der Waals surface area contributed by atoms with Gasteiger partial charge in [0.15, 0.2) is 0 Å². The van der Waals surface area contributed by atoms with Gasteiger partial charge in [-0.05, 0) is 12.5 Å². The number of benzene rings is 1. The molecule has 110 valence electrons. The first kappa shape index (κ1) is 14.6. The van der Waals surface area contributed by atoms with Gasteiger partial charge in [-0.3, -0.25) is 4.79 Å². The van der Waals surface area contributed by atoms with Gasteiger partial charge in [-0.1, -0.05) is 18.2 Å². The predicted molar refractivity (Wildman–Crippen MR) is 67.3 cm³/mol. The zero-order valence-electron chi connectivity index (χ0n) is 10.7. The number of alkyl halides is 3. The Morgan fingerprint density at radius 1 is 1.40 bits per heavy atom. The van der Waals surface area contributed by atoms with Crippen molar-refractivity contribution in [2.75, 3.05) is 24.5 Å². The number of fused-ring (bicyclic) bond motifs is 1. The average molecular weight is 288 g/mol. The van der Waals surface area contributed by atoms with Gasteiger partial charge in [-0.2, -0.15) is 13.2 Å². The lowest BCUT2D eigenvalue weighted by Gasteiger charge is -2.33. The lowest BCUT2D eigenvalue weighted by atomic mass is 9.99. The van der Waals surface area contributed by atoms with Crippen LogP contribution in [0.25, 0.3) is 0 Å². The number of hydrogen-bond donors (Lipinski definition) is 2. The Kier molecular flexibility index (Phi) is 4.17. The molecular weight excluding hydrogens is 273 g/mol. The van der Waals surface area contributed by atoms with Crippen molar-refractivity contribution >= 4 is 11.6 Å². The van der Waals surface area contributed by atoms with Crippen molar-refractivity contribution in [1.82, 2.24) is 5.32 Å². The molecule has 1 unspecified atom stereocenters. The summed E-state index contributed by atoms with van der Waals surface area (Å²) in [5, 5.41) is 11.7. The first-order valence-electron chi connectivity index (χ1n) is 6.22. The van der Waals surface area contributed by atoms with Crippen molar-refractivity contribution in [1.29, 1.82) is 0 Å². The molecule has 1 atom stereocenters. The highest BCUT2D eigenvalue weighted by atomic mass is 19.4. The van der Waals surface area contributed by atoms with Crippen LogP contribution in [0.5, 0.6) is 0 Å². The van der Waals surface area contributed by atoms with E-state index in [0.29, 0.717) is 24.2 Å². The second-order valence-corrected chi connectivity index (χ2v) is 4.68. The van der Waals surface area contributed by atoms with Crippen LogP contribution in [0, 0.1) is 0 Å². The number of hydrogen-bond acceptors (Lipinski definition) is 3. The number of nitrogens with zero attached hydrogens (tertiary/aromatic N) is 1.